The molecule has 1 N–H and O–H groups in total. The second-order valence-corrected chi connectivity index (χ2v) is 8.22. The third kappa shape index (κ3) is 5.00. The maximum Gasteiger partial charge on any atom is 0.338 e. The topological polar surface area (TPSA) is 91.2 Å². The van der Waals surface area contributed by atoms with Crippen LogP contribution >= 0.6 is 15.9 Å². The second kappa shape index (κ2) is 10.6. The van der Waals surface area contributed by atoms with Crippen molar-refractivity contribution in [3.8, 4) is 5.75 Å². The van der Waals surface area contributed by atoms with Crippen molar-refractivity contribution < 1.29 is 14.3 Å². The number of rotatable bonds is 10. The van der Waals surface area contributed by atoms with Crippen LogP contribution in [0.2, 0.25) is 0 Å². The van der Waals surface area contributed by atoms with Gasteiger partial charge in [-0.15, -0.1) is 0 Å². The first kappa shape index (κ1) is 22.3. The van der Waals surface area contributed by atoms with Crippen LogP contribution in [0, 0.1) is 0 Å². The van der Waals surface area contributed by atoms with E-state index in [1.165, 1.54) is 25.7 Å². The summed E-state index contributed by atoms with van der Waals surface area (Å²) in [6.45, 7) is 4.42. The molecule has 0 spiro atoms. The zero-order valence-electron chi connectivity index (χ0n) is 17.7. The van der Waals surface area contributed by atoms with Crippen molar-refractivity contribution in [3.63, 3.8) is 0 Å². The highest BCUT2D eigenvalue weighted by atomic mass is 79.9. The van der Waals surface area contributed by atoms with Crippen molar-refractivity contribution in [2.45, 2.75) is 58.4 Å². The van der Waals surface area contributed by atoms with Crippen LogP contribution in [0.5, 0.6) is 5.75 Å². The quantitative estimate of drug-likeness (QED) is 0.393. The van der Waals surface area contributed by atoms with E-state index in [4.69, 9.17) is 9.47 Å². The van der Waals surface area contributed by atoms with Crippen LogP contribution in [0.1, 0.15) is 64.0 Å². The zero-order chi connectivity index (χ0) is 21.5. The molecule has 2 heterocycles. The minimum atomic E-state index is -0.555. The van der Waals surface area contributed by atoms with Crippen LogP contribution in [0.25, 0.3) is 0 Å². The van der Waals surface area contributed by atoms with Gasteiger partial charge in [0.1, 0.15) is 11.8 Å². The van der Waals surface area contributed by atoms with Crippen molar-refractivity contribution in [1.29, 1.82) is 0 Å². The fraction of sp³-hybridized carbons (Fsp3) is 0.524. The highest BCUT2D eigenvalue weighted by Gasteiger charge is 2.36. The number of benzene rings is 1. The van der Waals surface area contributed by atoms with Gasteiger partial charge in [0, 0.05) is 15.7 Å². The van der Waals surface area contributed by atoms with Gasteiger partial charge in [0.2, 0.25) is 5.95 Å². The van der Waals surface area contributed by atoms with Gasteiger partial charge < -0.3 is 14.8 Å². The molecule has 0 saturated carbocycles. The van der Waals surface area contributed by atoms with E-state index in [0.29, 0.717) is 29.6 Å². The van der Waals surface area contributed by atoms with Crippen LogP contribution < -0.4 is 10.1 Å². The first-order valence-electron chi connectivity index (χ1n) is 10.3. The van der Waals surface area contributed by atoms with Crippen LogP contribution in [0.15, 0.2) is 33.9 Å². The summed E-state index contributed by atoms with van der Waals surface area (Å²) in [5.74, 6) is 0.731. The lowest BCUT2D eigenvalue weighted by molar-refractivity contribution is -0.139. The SMILES string of the molecule is CCCCCCCCOC(=O)C1=C(C)Nc2nnnn2[C@H]1c1cc(Br)ccc1OC. The second-order valence-electron chi connectivity index (χ2n) is 7.30. The molecule has 9 heteroatoms. The number of allylic oxidation sites excluding steroid dienone is 1. The number of halogens is 1. The smallest absolute Gasteiger partial charge is 0.338 e. The largest absolute Gasteiger partial charge is 0.496 e. The number of methoxy groups -OCH3 is 1. The third-order valence-corrected chi connectivity index (χ3v) is 5.64. The number of hydrogen-bond acceptors (Lipinski definition) is 7. The van der Waals surface area contributed by atoms with Gasteiger partial charge in [0.15, 0.2) is 0 Å². The molecule has 2 aromatic rings. The molecule has 3 rings (SSSR count). The van der Waals surface area contributed by atoms with Gasteiger partial charge in [0.05, 0.1) is 19.3 Å². The molecule has 30 heavy (non-hydrogen) atoms. The van der Waals surface area contributed by atoms with Gasteiger partial charge in [-0.25, -0.2) is 4.79 Å². The van der Waals surface area contributed by atoms with Gasteiger partial charge in [-0.2, -0.15) is 4.68 Å². The summed E-state index contributed by atoms with van der Waals surface area (Å²) in [7, 11) is 1.60. The van der Waals surface area contributed by atoms with E-state index in [2.05, 4.69) is 43.7 Å². The van der Waals surface area contributed by atoms with E-state index in [1.807, 2.05) is 25.1 Å². The lowest BCUT2D eigenvalue weighted by atomic mass is 9.95. The number of anilines is 1. The Hall–Kier alpha value is -2.42. The minimum absolute atomic E-state index is 0.373. The van der Waals surface area contributed by atoms with Gasteiger partial charge in [-0.05, 0) is 42.0 Å². The maximum atomic E-state index is 13.1. The van der Waals surface area contributed by atoms with Gasteiger partial charge >= 0.3 is 5.97 Å². The first-order chi connectivity index (χ1) is 14.6. The molecule has 1 aromatic heterocycles. The Morgan fingerprint density at radius 1 is 1.23 bits per heavy atom. The van der Waals surface area contributed by atoms with E-state index in [9.17, 15) is 4.79 Å². The highest BCUT2D eigenvalue weighted by molar-refractivity contribution is 9.10. The maximum absolute atomic E-state index is 13.1. The molecule has 0 radical (unpaired) electrons. The van der Waals surface area contributed by atoms with E-state index < -0.39 is 6.04 Å². The zero-order valence-corrected chi connectivity index (χ0v) is 19.2. The Balaban J connectivity index is 1.81. The lowest BCUT2D eigenvalue weighted by Gasteiger charge is -2.28. The Morgan fingerprint density at radius 2 is 2.00 bits per heavy atom. The molecule has 0 bridgehead atoms. The molecule has 1 aliphatic rings. The average molecular weight is 478 g/mol. The number of ether oxygens (including phenoxy) is 2. The summed E-state index contributed by atoms with van der Waals surface area (Å²) < 4.78 is 13.6. The molecule has 0 unspecified atom stereocenters. The molecule has 162 valence electrons. The Kier molecular flexibility index (Phi) is 7.84. The molecular formula is C21H28BrN5O3. The van der Waals surface area contributed by atoms with Crippen LogP contribution in [-0.2, 0) is 9.53 Å². The number of hydrogen-bond donors (Lipinski definition) is 1. The Morgan fingerprint density at radius 3 is 2.77 bits per heavy atom. The molecule has 1 atom stereocenters. The normalized spacial score (nSPS) is 15.5. The molecule has 0 aliphatic carbocycles. The predicted molar refractivity (Wildman–Crippen MR) is 117 cm³/mol. The van der Waals surface area contributed by atoms with Crippen molar-refractivity contribution in [2.24, 2.45) is 0 Å². The monoisotopic (exact) mass is 477 g/mol. The number of aromatic nitrogens is 4. The molecule has 0 amide bonds. The number of fused-ring (bicyclic) bond motifs is 1. The first-order valence-corrected chi connectivity index (χ1v) is 11.1. The van der Waals surface area contributed by atoms with Crippen LogP contribution in [-0.4, -0.2) is 39.9 Å². The van der Waals surface area contributed by atoms with Crippen LogP contribution in [0.3, 0.4) is 0 Å². The average Bonchev–Trinajstić information content (AvgIpc) is 3.19. The van der Waals surface area contributed by atoms with Crippen molar-refractivity contribution in [3.05, 3.63) is 39.5 Å². The summed E-state index contributed by atoms with van der Waals surface area (Å²) in [5, 5.41) is 15.0. The highest BCUT2D eigenvalue weighted by Crippen LogP contribution is 2.40. The third-order valence-electron chi connectivity index (χ3n) is 5.15. The Bertz CT molecular complexity index is 912. The fourth-order valence-electron chi connectivity index (χ4n) is 3.61. The van der Waals surface area contributed by atoms with Crippen LogP contribution in [0.4, 0.5) is 5.95 Å². The minimum Gasteiger partial charge on any atom is -0.496 e. The molecular weight excluding hydrogens is 450 g/mol. The standard InChI is InChI=1S/C21H28BrN5O3/c1-4-5-6-7-8-9-12-30-20(28)18-14(2)23-21-24-25-26-27(21)19(18)16-13-15(22)10-11-17(16)29-3/h10-11,13,19H,4-9,12H2,1-3H3,(H,23,24,26)/t19-/m0/s1. The summed E-state index contributed by atoms with van der Waals surface area (Å²) in [5.41, 5.74) is 1.90. The summed E-state index contributed by atoms with van der Waals surface area (Å²) in [4.78, 5) is 13.1. The predicted octanol–water partition coefficient (Wildman–Crippen LogP) is 4.64. The van der Waals surface area contributed by atoms with Crippen molar-refractivity contribution >= 4 is 27.8 Å². The number of esters is 1. The lowest BCUT2D eigenvalue weighted by Crippen LogP contribution is -2.30. The molecule has 8 nitrogen and oxygen atoms in total. The van der Waals surface area contributed by atoms with Gasteiger partial charge in [-0.3, -0.25) is 0 Å². The fourth-order valence-corrected chi connectivity index (χ4v) is 3.99. The molecule has 1 aromatic carbocycles. The molecule has 0 fully saturated rings. The molecule has 0 saturated heterocycles. The van der Waals surface area contributed by atoms with E-state index in [-0.39, 0.29) is 5.97 Å². The van der Waals surface area contributed by atoms with Gasteiger partial charge in [0.25, 0.3) is 0 Å². The number of carbonyl (C=O) groups excluding carboxylic acids is 1. The van der Waals surface area contributed by atoms with E-state index in [0.717, 1.165) is 22.9 Å². The number of nitrogens with one attached hydrogen (secondary N) is 1. The van der Waals surface area contributed by atoms with Crippen molar-refractivity contribution in [2.75, 3.05) is 19.0 Å². The number of nitrogens with zero attached hydrogens (tertiary/aromatic N) is 4. The summed E-state index contributed by atoms with van der Waals surface area (Å²) in [6.07, 6.45) is 6.78. The summed E-state index contributed by atoms with van der Waals surface area (Å²) in [6, 6.07) is 5.09. The number of carbonyl (C=O) groups is 1. The number of unbranched alkanes of at least 4 members (excludes halogenated alkanes) is 5. The molecule has 1 aliphatic heterocycles. The van der Waals surface area contributed by atoms with Crippen molar-refractivity contribution in [1.82, 2.24) is 20.2 Å². The Labute approximate surface area is 185 Å². The van der Waals surface area contributed by atoms with E-state index in [1.54, 1.807) is 11.8 Å². The summed E-state index contributed by atoms with van der Waals surface area (Å²) >= 11 is 3.51. The number of tetrazole rings is 1. The van der Waals surface area contributed by atoms with E-state index >= 15 is 0 Å². The van der Waals surface area contributed by atoms with Gasteiger partial charge in [-0.1, -0.05) is 60.1 Å².